The van der Waals surface area contributed by atoms with E-state index < -0.39 is 7.60 Å². The second-order valence-corrected chi connectivity index (χ2v) is 10.1. The van der Waals surface area contributed by atoms with Crippen LogP contribution in [0.4, 0.5) is 0 Å². The monoisotopic (exact) mass is 362 g/mol. The zero-order valence-corrected chi connectivity index (χ0v) is 17.9. The molecule has 0 aromatic carbocycles. The summed E-state index contributed by atoms with van der Waals surface area (Å²) in [5, 5.41) is 0. The lowest BCUT2D eigenvalue weighted by Crippen LogP contribution is -2.08. The molecule has 0 N–H and O–H groups in total. The summed E-state index contributed by atoms with van der Waals surface area (Å²) in [6, 6.07) is 0. The number of rotatable bonds is 17. The van der Waals surface area contributed by atoms with Crippen LogP contribution in [0.15, 0.2) is 0 Å². The van der Waals surface area contributed by atoms with Crippen LogP contribution in [0.3, 0.4) is 0 Å². The van der Waals surface area contributed by atoms with Gasteiger partial charge in [-0.15, -0.1) is 0 Å². The largest absolute Gasteiger partial charge is 0.330 e. The molecular formula is C20H43O3P. The van der Waals surface area contributed by atoms with Gasteiger partial charge in [0.05, 0.1) is 19.4 Å². The third-order valence-corrected chi connectivity index (χ3v) is 5.94. The molecule has 146 valence electrons. The van der Waals surface area contributed by atoms with Gasteiger partial charge in [-0.05, 0) is 18.3 Å². The first-order valence-electron chi connectivity index (χ1n) is 10.3. The molecule has 3 nitrogen and oxygen atoms in total. The Bertz CT molecular complexity index is 300. The minimum atomic E-state index is -2.90. The fourth-order valence-electron chi connectivity index (χ4n) is 2.48. The van der Waals surface area contributed by atoms with Crippen molar-refractivity contribution in [1.29, 1.82) is 0 Å². The van der Waals surface area contributed by atoms with Gasteiger partial charge >= 0.3 is 7.60 Å². The van der Waals surface area contributed by atoms with Crippen molar-refractivity contribution in [3.8, 4) is 0 Å². The maximum atomic E-state index is 12.8. The van der Waals surface area contributed by atoms with E-state index in [4.69, 9.17) is 9.05 Å². The number of hydrogen-bond acceptors (Lipinski definition) is 3. The lowest BCUT2D eigenvalue weighted by molar-refractivity contribution is 0.172. The molecule has 0 spiro atoms. The highest BCUT2D eigenvalue weighted by atomic mass is 31.2. The normalized spacial score (nSPS) is 12.5. The van der Waals surface area contributed by atoms with E-state index in [1.165, 1.54) is 51.4 Å². The molecule has 0 saturated heterocycles. The van der Waals surface area contributed by atoms with Crippen molar-refractivity contribution >= 4 is 7.60 Å². The van der Waals surface area contributed by atoms with Gasteiger partial charge in [-0.1, -0.05) is 92.4 Å². The fourth-order valence-corrected chi connectivity index (χ4v) is 4.48. The first-order valence-corrected chi connectivity index (χ1v) is 12.0. The fraction of sp³-hybridized carbons (Fsp3) is 1.00. The molecule has 0 saturated carbocycles. The second-order valence-electron chi connectivity index (χ2n) is 7.90. The van der Waals surface area contributed by atoms with E-state index >= 15 is 0 Å². The molecule has 0 unspecified atom stereocenters. The Kier molecular flexibility index (Phi) is 15.5. The van der Waals surface area contributed by atoms with Crippen molar-refractivity contribution in [1.82, 2.24) is 0 Å². The summed E-state index contributed by atoms with van der Waals surface area (Å²) in [5.74, 6) is 0.766. The molecule has 0 radical (unpaired) electrons. The van der Waals surface area contributed by atoms with Gasteiger partial charge in [-0.2, -0.15) is 0 Å². The third kappa shape index (κ3) is 15.7. The summed E-state index contributed by atoms with van der Waals surface area (Å²) in [7, 11) is -2.90. The summed E-state index contributed by atoms with van der Waals surface area (Å²) in [6.45, 7) is 11.6. The van der Waals surface area contributed by atoms with E-state index in [2.05, 4.69) is 34.6 Å². The van der Waals surface area contributed by atoms with Crippen molar-refractivity contribution in [3.63, 3.8) is 0 Å². The van der Waals surface area contributed by atoms with Crippen molar-refractivity contribution in [2.75, 3.05) is 19.4 Å². The maximum Gasteiger partial charge on any atom is 0.330 e. The lowest BCUT2D eigenvalue weighted by atomic mass is 10.1. The predicted molar refractivity (Wildman–Crippen MR) is 106 cm³/mol. The molecule has 0 rings (SSSR count). The van der Waals surface area contributed by atoms with E-state index in [1.54, 1.807) is 0 Å². The van der Waals surface area contributed by atoms with E-state index in [0.29, 0.717) is 31.2 Å². The first-order chi connectivity index (χ1) is 11.4. The number of hydrogen-bond donors (Lipinski definition) is 0. The van der Waals surface area contributed by atoms with E-state index in [0.717, 1.165) is 12.8 Å². The molecular weight excluding hydrogens is 319 g/mol. The molecule has 0 aliphatic rings. The van der Waals surface area contributed by atoms with Gasteiger partial charge in [0, 0.05) is 0 Å². The van der Waals surface area contributed by atoms with Gasteiger partial charge in [0.1, 0.15) is 0 Å². The second kappa shape index (κ2) is 15.4. The van der Waals surface area contributed by atoms with E-state index in [1.807, 2.05) is 0 Å². The number of unbranched alkanes of at least 4 members (excludes halogenated alkanes) is 9. The average Bonchev–Trinajstić information content (AvgIpc) is 2.53. The summed E-state index contributed by atoms with van der Waals surface area (Å²) >= 11 is 0. The van der Waals surface area contributed by atoms with Crippen LogP contribution in [0.5, 0.6) is 0 Å². The van der Waals surface area contributed by atoms with Crippen molar-refractivity contribution < 1.29 is 13.6 Å². The van der Waals surface area contributed by atoms with Crippen molar-refractivity contribution in [2.24, 2.45) is 11.8 Å². The van der Waals surface area contributed by atoms with Crippen LogP contribution in [0.1, 0.15) is 98.8 Å². The van der Waals surface area contributed by atoms with Gasteiger partial charge in [0.15, 0.2) is 0 Å². The summed E-state index contributed by atoms with van der Waals surface area (Å²) in [4.78, 5) is 0. The van der Waals surface area contributed by atoms with Gasteiger partial charge < -0.3 is 9.05 Å². The highest BCUT2D eigenvalue weighted by Gasteiger charge is 2.24. The summed E-state index contributed by atoms with van der Waals surface area (Å²) in [5.41, 5.74) is 0. The van der Waals surface area contributed by atoms with Crippen LogP contribution in [0.25, 0.3) is 0 Å². The Labute approximate surface area is 151 Å². The van der Waals surface area contributed by atoms with Gasteiger partial charge in [0.25, 0.3) is 0 Å². The smallest absolute Gasteiger partial charge is 0.308 e. The Balaban J connectivity index is 3.82. The topological polar surface area (TPSA) is 35.5 Å². The molecule has 0 aromatic heterocycles. The van der Waals surface area contributed by atoms with Crippen LogP contribution < -0.4 is 0 Å². The molecule has 4 heteroatoms. The highest BCUT2D eigenvalue weighted by molar-refractivity contribution is 7.53. The molecule has 0 fully saturated rings. The molecule has 0 amide bonds. The minimum absolute atomic E-state index is 0.383. The molecule has 0 aliphatic carbocycles. The van der Waals surface area contributed by atoms with Gasteiger partial charge in [-0.3, -0.25) is 4.57 Å². The van der Waals surface area contributed by atoms with Crippen LogP contribution >= 0.6 is 7.60 Å². The predicted octanol–water partition coefficient (Wildman–Crippen LogP) is 7.45. The molecule has 0 heterocycles. The van der Waals surface area contributed by atoms with Crippen LogP contribution in [0.2, 0.25) is 0 Å². The maximum absolute atomic E-state index is 12.8. The van der Waals surface area contributed by atoms with Crippen molar-refractivity contribution in [3.05, 3.63) is 0 Å². The Morgan fingerprint density at radius 2 is 1.04 bits per heavy atom. The molecule has 0 aromatic rings. The van der Waals surface area contributed by atoms with Gasteiger partial charge in [0.2, 0.25) is 0 Å². The van der Waals surface area contributed by atoms with Crippen LogP contribution in [-0.4, -0.2) is 19.4 Å². The van der Waals surface area contributed by atoms with E-state index in [9.17, 15) is 4.57 Å². The van der Waals surface area contributed by atoms with Crippen LogP contribution in [-0.2, 0) is 13.6 Å². The van der Waals surface area contributed by atoms with E-state index in [-0.39, 0.29) is 0 Å². The first kappa shape index (κ1) is 24.1. The SMILES string of the molecule is CCCCCCCCCCCCP(=O)(OCC(C)C)OCC(C)C. The Hall–Kier alpha value is 0.150. The summed E-state index contributed by atoms with van der Waals surface area (Å²) in [6.07, 6.45) is 13.4. The molecule has 0 atom stereocenters. The Morgan fingerprint density at radius 3 is 1.42 bits per heavy atom. The van der Waals surface area contributed by atoms with Crippen LogP contribution in [0, 0.1) is 11.8 Å². The zero-order chi connectivity index (χ0) is 18.3. The minimum Gasteiger partial charge on any atom is -0.308 e. The lowest BCUT2D eigenvalue weighted by Gasteiger charge is -2.20. The molecule has 0 bridgehead atoms. The van der Waals surface area contributed by atoms with Gasteiger partial charge in [-0.25, -0.2) is 0 Å². The standard InChI is InChI=1S/C20H43O3P/c1-6-7-8-9-10-11-12-13-14-15-16-24(21,22-17-19(2)3)23-18-20(4)5/h19-20H,6-18H2,1-5H3. The average molecular weight is 363 g/mol. The Morgan fingerprint density at radius 1 is 0.667 bits per heavy atom. The third-order valence-electron chi connectivity index (χ3n) is 3.99. The highest BCUT2D eigenvalue weighted by Crippen LogP contribution is 2.49. The van der Waals surface area contributed by atoms with Crippen molar-refractivity contribution in [2.45, 2.75) is 98.8 Å². The zero-order valence-electron chi connectivity index (χ0n) is 17.0. The summed E-state index contributed by atoms with van der Waals surface area (Å²) < 4.78 is 24.1. The quantitative estimate of drug-likeness (QED) is 0.199. The molecule has 24 heavy (non-hydrogen) atoms. The molecule has 0 aliphatic heterocycles.